The van der Waals surface area contributed by atoms with Crippen LogP contribution >= 0.6 is 24.0 Å². The van der Waals surface area contributed by atoms with E-state index in [1.807, 2.05) is 79.3 Å². The van der Waals surface area contributed by atoms with Gasteiger partial charge in [-0.1, -0.05) is 42.2 Å². The van der Waals surface area contributed by atoms with Gasteiger partial charge in [-0.3, -0.25) is 9.69 Å². The summed E-state index contributed by atoms with van der Waals surface area (Å²) in [7, 11) is 0. The van der Waals surface area contributed by atoms with Gasteiger partial charge in [0.1, 0.15) is 15.8 Å². The number of ether oxygens (including phenoxy) is 2. The highest BCUT2D eigenvalue weighted by Gasteiger charge is 2.35. The Hall–Kier alpha value is -2.94. The number of thioether (sulfide) groups is 1. The zero-order chi connectivity index (χ0) is 24.4. The van der Waals surface area contributed by atoms with Crippen molar-refractivity contribution in [2.75, 3.05) is 19.8 Å². The maximum atomic E-state index is 13.3. The standard InChI is InChI=1S/C27H27N3O3S2/c1-3-32-21-11-12-23(18(2)14-21)25-19(16-30(28-25)20-8-5-4-6-9-20)15-24-26(31)29(27(34)35-24)17-22-10-7-13-33-22/h4-6,8-9,11-12,14-16,22H,3,7,10,13,17H2,1-2H3/b24-15-/t22-/m1/s1. The first-order valence-electron chi connectivity index (χ1n) is 11.8. The molecule has 35 heavy (non-hydrogen) atoms. The first-order valence-corrected chi connectivity index (χ1v) is 13.0. The van der Waals surface area contributed by atoms with Gasteiger partial charge in [0.2, 0.25) is 0 Å². The number of nitrogens with zero attached hydrogens (tertiary/aromatic N) is 3. The SMILES string of the molecule is CCOc1ccc(-c2nn(-c3ccccc3)cc2/C=C2\SC(=S)N(C[C@H]3CCCO3)C2=O)c(C)c1. The summed E-state index contributed by atoms with van der Waals surface area (Å²) in [6.45, 7) is 5.89. The summed E-state index contributed by atoms with van der Waals surface area (Å²) in [5.41, 5.74) is 4.65. The Labute approximate surface area is 214 Å². The van der Waals surface area contributed by atoms with Crippen LogP contribution in [0.2, 0.25) is 0 Å². The summed E-state index contributed by atoms with van der Waals surface area (Å²) in [5.74, 6) is 0.755. The molecule has 8 heteroatoms. The van der Waals surface area contributed by atoms with Crippen LogP contribution in [0.25, 0.3) is 23.0 Å². The van der Waals surface area contributed by atoms with Crippen LogP contribution in [0.5, 0.6) is 5.75 Å². The molecule has 2 aliphatic rings. The number of aromatic nitrogens is 2. The second-order valence-corrected chi connectivity index (χ2v) is 10.2. The summed E-state index contributed by atoms with van der Waals surface area (Å²) < 4.78 is 13.8. The number of carbonyl (C=O) groups is 1. The highest BCUT2D eigenvalue weighted by molar-refractivity contribution is 8.26. The molecule has 3 heterocycles. The molecule has 1 atom stereocenters. The van der Waals surface area contributed by atoms with Gasteiger partial charge in [0.15, 0.2) is 0 Å². The Morgan fingerprint density at radius 1 is 1.26 bits per heavy atom. The summed E-state index contributed by atoms with van der Waals surface area (Å²) in [4.78, 5) is 15.5. The summed E-state index contributed by atoms with van der Waals surface area (Å²) in [6.07, 6.45) is 5.92. The van der Waals surface area contributed by atoms with Gasteiger partial charge in [0.05, 0.1) is 29.8 Å². The van der Waals surface area contributed by atoms with Crippen LogP contribution in [0, 0.1) is 6.92 Å². The van der Waals surface area contributed by atoms with E-state index in [0.717, 1.165) is 53.3 Å². The lowest BCUT2D eigenvalue weighted by atomic mass is 10.0. The Bertz CT molecular complexity index is 1280. The van der Waals surface area contributed by atoms with Crippen molar-refractivity contribution in [3.05, 3.63) is 70.8 Å². The van der Waals surface area contributed by atoms with E-state index in [-0.39, 0.29) is 12.0 Å². The number of amides is 1. The molecule has 0 saturated carbocycles. The molecule has 0 radical (unpaired) electrons. The Morgan fingerprint density at radius 3 is 2.80 bits per heavy atom. The van der Waals surface area contributed by atoms with Crippen molar-refractivity contribution < 1.29 is 14.3 Å². The molecule has 2 saturated heterocycles. The van der Waals surface area contributed by atoms with E-state index < -0.39 is 0 Å². The number of carbonyl (C=O) groups excluding carboxylic acids is 1. The van der Waals surface area contributed by atoms with Crippen molar-refractivity contribution in [2.45, 2.75) is 32.8 Å². The molecule has 1 amide bonds. The average Bonchev–Trinajstić information content (AvgIpc) is 3.58. The number of hydrogen-bond acceptors (Lipinski definition) is 6. The summed E-state index contributed by atoms with van der Waals surface area (Å²) in [5, 5.41) is 4.92. The summed E-state index contributed by atoms with van der Waals surface area (Å²) in [6, 6.07) is 16.0. The van der Waals surface area contributed by atoms with Crippen molar-refractivity contribution in [1.29, 1.82) is 0 Å². The molecule has 0 N–H and O–H groups in total. The number of benzene rings is 2. The van der Waals surface area contributed by atoms with Gasteiger partial charge in [-0.15, -0.1) is 0 Å². The molecule has 3 aromatic rings. The van der Waals surface area contributed by atoms with Gasteiger partial charge in [-0.2, -0.15) is 5.10 Å². The third-order valence-electron chi connectivity index (χ3n) is 6.10. The molecule has 5 rings (SSSR count). The van der Waals surface area contributed by atoms with E-state index in [0.29, 0.717) is 22.4 Å². The predicted molar refractivity (Wildman–Crippen MR) is 144 cm³/mol. The van der Waals surface area contributed by atoms with Gasteiger partial charge in [-0.25, -0.2) is 4.68 Å². The highest BCUT2D eigenvalue weighted by Crippen LogP contribution is 2.36. The largest absolute Gasteiger partial charge is 0.494 e. The molecule has 0 spiro atoms. The fourth-order valence-corrected chi connectivity index (χ4v) is 5.63. The van der Waals surface area contributed by atoms with Crippen molar-refractivity contribution in [3.63, 3.8) is 0 Å². The second-order valence-electron chi connectivity index (χ2n) is 8.55. The van der Waals surface area contributed by atoms with Gasteiger partial charge < -0.3 is 9.47 Å². The number of para-hydroxylation sites is 1. The number of thiocarbonyl (C=S) groups is 1. The van der Waals surface area contributed by atoms with Crippen LogP contribution < -0.4 is 4.74 Å². The first-order chi connectivity index (χ1) is 17.0. The Kier molecular flexibility index (Phi) is 7.04. The van der Waals surface area contributed by atoms with Crippen molar-refractivity contribution in [3.8, 4) is 22.7 Å². The lowest BCUT2D eigenvalue weighted by Gasteiger charge is -2.18. The van der Waals surface area contributed by atoms with E-state index in [2.05, 4.69) is 0 Å². The normalized spacial score (nSPS) is 19.2. The third kappa shape index (κ3) is 5.05. The Balaban J connectivity index is 1.53. The van der Waals surface area contributed by atoms with E-state index in [1.165, 1.54) is 11.8 Å². The molecule has 0 bridgehead atoms. The van der Waals surface area contributed by atoms with Gasteiger partial charge >= 0.3 is 0 Å². The number of aryl methyl sites for hydroxylation is 1. The minimum absolute atomic E-state index is 0.0553. The minimum atomic E-state index is -0.0719. The van der Waals surface area contributed by atoms with Crippen molar-refractivity contribution in [1.82, 2.24) is 14.7 Å². The maximum Gasteiger partial charge on any atom is 0.266 e. The van der Waals surface area contributed by atoms with Gasteiger partial charge in [0.25, 0.3) is 5.91 Å². The zero-order valence-corrected chi connectivity index (χ0v) is 21.4. The lowest BCUT2D eigenvalue weighted by molar-refractivity contribution is -0.123. The third-order valence-corrected chi connectivity index (χ3v) is 7.48. The average molecular weight is 506 g/mol. The van der Waals surface area contributed by atoms with Crippen LogP contribution in [0.15, 0.2) is 59.6 Å². The number of hydrogen-bond donors (Lipinski definition) is 0. The highest BCUT2D eigenvalue weighted by atomic mass is 32.2. The molecule has 2 fully saturated rings. The fraction of sp³-hybridized carbons (Fsp3) is 0.296. The van der Waals surface area contributed by atoms with E-state index in [1.54, 1.807) is 4.90 Å². The van der Waals surface area contributed by atoms with E-state index >= 15 is 0 Å². The molecule has 1 aromatic heterocycles. The quantitative estimate of drug-likeness (QED) is 0.307. The van der Waals surface area contributed by atoms with Crippen molar-refractivity contribution >= 4 is 40.3 Å². The maximum absolute atomic E-state index is 13.3. The molecule has 0 unspecified atom stereocenters. The molecule has 2 aliphatic heterocycles. The van der Waals surface area contributed by atoms with Crippen LogP contribution in [0.3, 0.4) is 0 Å². The molecule has 2 aromatic carbocycles. The van der Waals surface area contributed by atoms with Crippen LogP contribution in [0.1, 0.15) is 30.9 Å². The summed E-state index contributed by atoms with van der Waals surface area (Å²) >= 11 is 6.89. The molecule has 0 aliphatic carbocycles. The first kappa shape index (κ1) is 23.8. The van der Waals surface area contributed by atoms with Crippen molar-refractivity contribution in [2.24, 2.45) is 0 Å². The van der Waals surface area contributed by atoms with Gasteiger partial charge in [-0.05, 0) is 68.7 Å². The topological polar surface area (TPSA) is 56.6 Å². The zero-order valence-electron chi connectivity index (χ0n) is 19.8. The van der Waals surface area contributed by atoms with E-state index in [4.69, 9.17) is 26.8 Å². The van der Waals surface area contributed by atoms with E-state index in [9.17, 15) is 4.79 Å². The smallest absolute Gasteiger partial charge is 0.266 e. The van der Waals surface area contributed by atoms with Crippen LogP contribution in [-0.4, -0.2) is 50.8 Å². The monoisotopic (exact) mass is 505 g/mol. The predicted octanol–water partition coefficient (Wildman–Crippen LogP) is 5.63. The second kappa shape index (κ2) is 10.4. The molecular formula is C27H27N3O3S2. The van der Waals surface area contributed by atoms with Crippen LogP contribution in [-0.2, 0) is 9.53 Å². The lowest BCUT2D eigenvalue weighted by Crippen LogP contribution is -2.35. The molecule has 180 valence electrons. The molecular weight excluding hydrogens is 478 g/mol. The van der Waals surface area contributed by atoms with Gasteiger partial charge in [0, 0.05) is 23.9 Å². The number of rotatable bonds is 7. The minimum Gasteiger partial charge on any atom is -0.494 e. The molecule has 6 nitrogen and oxygen atoms in total. The fourth-order valence-electron chi connectivity index (χ4n) is 4.36. The van der Waals surface area contributed by atoms with Crippen LogP contribution in [0.4, 0.5) is 0 Å². The Morgan fingerprint density at radius 2 is 2.09 bits per heavy atom.